The molecule has 1 unspecified atom stereocenters. The van der Waals surface area contributed by atoms with Crippen LogP contribution < -0.4 is 4.90 Å². The maximum atomic E-state index is 14.7. The van der Waals surface area contributed by atoms with Crippen LogP contribution in [0.5, 0.6) is 0 Å². The first-order chi connectivity index (χ1) is 15.2. The first-order valence-electron chi connectivity index (χ1n) is 9.79. The summed E-state index contributed by atoms with van der Waals surface area (Å²) in [5.41, 5.74) is -0.782. The number of carboxylic acid groups (broad SMARTS) is 1. The molecule has 2 heterocycles. The van der Waals surface area contributed by atoms with E-state index in [9.17, 15) is 23.9 Å². The van der Waals surface area contributed by atoms with Crippen molar-refractivity contribution in [2.45, 2.75) is 18.5 Å². The lowest BCUT2D eigenvalue weighted by molar-refractivity contribution is -0.151. The van der Waals surface area contributed by atoms with E-state index in [0.29, 0.717) is 5.02 Å². The van der Waals surface area contributed by atoms with Gasteiger partial charge in [-0.25, -0.2) is 9.18 Å². The highest BCUT2D eigenvalue weighted by molar-refractivity contribution is 6.30. The van der Waals surface area contributed by atoms with Gasteiger partial charge in [-0.05, 0) is 42.3 Å². The van der Waals surface area contributed by atoms with Gasteiger partial charge in [0.25, 0.3) is 5.91 Å². The maximum Gasteiger partial charge on any atom is 0.407 e. The number of hydrogen-bond donors (Lipinski definition) is 1. The Hall–Kier alpha value is -3.64. The second-order valence-electron chi connectivity index (χ2n) is 7.76. The van der Waals surface area contributed by atoms with E-state index in [-0.39, 0.29) is 37.3 Å². The molecule has 8 nitrogen and oxygen atoms in total. The number of benzene rings is 2. The van der Waals surface area contributed by atoms with Crippen LogP contribution in [0.2, 0.25) is 5.02 Å². The highest BCUT2D eigenvalue weighted by Crippen LogP contribution is 2.37. The molecule has 1 spiro atoms. The highest BCUT2D eigenvalue weighted by atomic mass is 35.5. The molecule has 2 aromatic rings. The van der Waals surface area contributed by atoms with Gasteiger partial charge in [-0.2, -0.15) is 5.26 Å². The number of carbonyl (C=O) groups excluding carboxylic acids is 2. The monoisotopic (exact) mass is 456 g/mol. The molecular formula is C22H18ClFN4O4. The minimum Gasteiger partial charge on any atom is -0.465 e. The SMILES string of the molecule is N#Cc1ccc(N2CC(=O)N(Cc3ccc(Cl)cc3)C3(CCN(C(=O)O)C3)C2=O)c(F)c1. The van der Waals surface area contributed by atoms with Crippen LogP contribution in [0.15, 0.2) is 42.5 Å². The predicted molar refractivity (Wildman–Crippen MR) is 112 cm³/mol. The molecule has 2 aromatic carbocycles. The van der Waals surface area contributed by atoms with Crippen LogP contribution in [0, 0.1) is 17.1 Å². The van der Waals surface area contributed by atoms with E-state index in [2.05, 4.69) is 0 Å². The lowest BCUT2D eigenvalue weighted by atomic mass is 9.90. The Morgan fingerprint density at radius 1 is 1.22 bits per heavy atom. The zero-order valence-electron chi connectivity index (χ0n) is 16.8. The molecule has 0 aromatic heterocycles. The van der Waals surface area contributed by atoms with Gasteiger partial charge in [0, 0.05) is 18.1 Å². The zero-order valence-corrected chi connectivity index (χ0v) is 17.5. The van der Waals surface area contributed by atoms with E-state index in [0.717, 1.165) is 21.4 Å². The van der Waals surface area contributed by atoms with Gasteiger partial charge < -0.3 is 14.9 Å². The van der Waals surface area contributed by atoms with Crippen molar-refractivity contribution in [2.24, 2.45) is 0 Å². The molecule has 0 saturated carbocycles. The molecule has 2 saturated heterocycles. The van der Waals surface area contributed by atoms with Gasteiger partial charge in [-0.3, -0.25) is 14.5 Å². The molecule has 3 amide bonds. The second kappa shape index (κ2) is 8.13. The predicted octanol–water partition coefficient (Wildman–Crippen LogP) is 2.85. The number of nitrogens with zero attached hydrogens (tertiary/aromatic N) is 4. The van der Waals surface area contributed by atoms with Crippen LogP contribution in [0.3, 0.4) is 0 Å². The fraction of sp³-hybridized carbons (Fsp3) is 0.273. The maximum absolute atomic E-state index is 14.7. The molecule has 10 heteroatoms. The van der Waals surface area contributed by atoms with E-state index in [1.165, 1.54) is 17.0 Å². The van der Waals surface area contributed by atoms with E-state index in [4.69, 9.17) is 16.9 Å². The number of carbonyl (C=O) groups is 3. The molecule has 2 aliphatic heterocycles. The summed E-state index contributed by atoms with van der Waals surface area (Å²) in [5, 5.41) is 19.0. The van der Waals surface area contributed by atoms with Gasteiger partial charge in [0.1, 0.15) is 17.9 Å². The molecule has 1 atom stereocenters. The number of piperazine rings is 1. The fourth-order valence-electron chi connectivity index (χ4n) is 4.25. The molecule has 0 radical (unpaired) electrons. The van der Waals surface area contributed by atoms with E-state index in [1.54, 1.807) is 24.3 Å². The van der Waals surface area contributed by atoms with Crippen LogP contribution in [0.25, 0.3) is 0 Å². The minimum absolute atomic E-state index is 0.0646. The molecule has 1 N–H and O–H groups in total. The molecule has 0 bridgehead atoms. The Morgan fingerprint density at radius 2 is 1.94 bits per heavy atom. The Bertz CT molecular complexity index is 1150. The Kier molecular flexibility index (Phi) is 5.48. The molecule has 0 aliphatic carbocycles. The summed E-state index contributed by atoms with van der Waals surface area (Å²) < 4.78 is 14.7. The largest absolute Gasteiger partial charge is 0.465 e. The number of nitriles is 1. The summed E-state index contributed by atoms with van der Waals surface area (Å²) >= 11 is 5.94. The number of rotatable bonds is 3. The average Bonchev–Trinajstić information content (AvgIpc) is 3.22. The molecule has 2 fully saturated rings. The first kappa shape index (κ1) is 21.6. The summed E-state index contributed by atoms with van der Waals surface area (Å²) in [6, 6.07) is 12.2. The first-order valence-corrected chi connectivity index (χ1v) is 10.2. The van der Waals surface area contributed by atoms with Crippen LogP contribution in [0.4, 0.5) is 14.9 Å². The molecule has 32 heavy (non-hydrogen) atoms. The van der Waals surface area contributed by atoms with Crippen molar-refractivity contribution in [1.82, 2.24) is 9.80 Å². The van der Waals surface area contributed by atoms with E-state index < -0.39 is 35.8 Å². The topological polar surface area (TPSA) is 105 Å². The van der Waals surface area contributed by atoms with Crippen molar-refractivity contribution in [3.8, 4) is 6.07 Å². The zero-order chi connectivity index (χ0) is 23.0. The number of amides is 3. The quantitative estimate of drug-likeness (QED) is 0.764. The number of hydrogen-bond acceptors (Lipinski definition) is 4. The summed E-state index contributed by atoms with van der Waals surface area (Å²) in [6.45, 7) is -0.465. The number of halogens is 2. The Balaban J connectivity index is 1.74. The van der Waals surface area contributed by atoms with Crippen LogP contribution in [-0.4, -0.2) is 58.0 Å². The van der Waals surface area contributed by atoms with Crippen molar-refractivity contribution in [2.75, 3.05) is 24.5 Å². The lowest BCUT2D eigenvalue weighted by Gasteiger charge is -2.47. The molecule has 4 rings (SSSR count). The van der Waals surface area contributed by atoms with Gasteiger partial charge >= 0.3 is 6.09 Å². The molecule has 164 valence electrons. The minimum atomic E-state index is -1.46. The third kappa shape index (κ3) is 3.63. The van der Waals surface area contributed by atoms with Crippen LogP contribution in [-0.2, 0) is 16.1 Å². The number of anilines is 1. The van der Waals surface area contributed by atoms with Crippen molar-refractivity contribution >= 4 is 35.2 Å². The summed E-state index contributed by atoms with van der Waals surface area (Å²) in [7, 11) is 0. The third-order valence-electron chi connectivity index (χ3n) is 5.89. The molecule has 2 aliphatic rings. The highest BCUT2D eigenvalue weighted by Gasteiger charge is 2.57. The van der Waals surface area contributed by atoms with E-state index in [1.807, 2.05) is 6.07 Å². The van der Waals surface area contributed by atoms with Crippen molar-refractivity contribution < 1.29 is 23.9 Å². The van der Waals surface area contributed by atoms with Gasteiger partial charge in [-0.1, -0.05) is 23.7 Å². The fourth-order valence-corrected chi connectivity index (χ4v) is 4.38. The Morgan fingerprint density at radius 3 is 2.53 bits per heavy atom. The Labute approximate surface area is 188 Å². The van der Waals surface area contributed by atoms with Gasteiger partial charge in [0.05, 0.1) is 23.9 Å². The summed E-state index contributed by atoms with van der Waals surface area (Å²) in [4.78, 5) is 42.0. The number of likely N-dealkylation sites (tertiary alicyclic amines) is 1. The van der Waals surface area contributed by atoms with E-state index >= 15 is 0 Å². The summed E-state index contributed by atoms with van der Waals surface area (Å²) in [5.74, 6) is -1.80. The average molecular weight is 457 g/mol. The normalized spacial score (nSPS) is 20.7. The van der Waals surface area contributed by atoms with Crippen LogP contribution in [0.1, 0.15) is 17.5 Å². The standard InChI is InChI=1S/C22H18ClFN4O4/c23-16-4-1-14(2-5-16)11-28-19(29)12-27(18-6-3-15(10-25)9-17(18)24)20(30)22(28)7-8-26(13-22)21(31)32/h1-6,9H,7-8,11-13H2,(H,31,32). The van der Waals surface area contributed by atoms with Gasteiger partial charge in [0.15, 0.2) is 0 Å². The smallest absolute Gasteiger partial charge is 0.407 e. The van der Waals surface area contributed by atoms with Gasteiger partial charge in [0.2, 0.25) is 5.91 Å². The summed E-state index contributed by atoms with van der Waals surface area (Å²) in [6.07, 6.45) is -1.11. The van der Waals surface area contributed by atoms with Crippen molar-refractivity contribution in [3.63, 3.8) is 0 Å². The van der Waals surface area contributed by atoms with Crippen molar-refractivity contribution in [1.29, 1.82) is 5.26 Å². The molecular weight excluding hydrogens is 439 g/mol. The second-order valence-corrected chi connectivity index (χ2v) is 8.20. The van der Waals surface area contributed by atoms with Crippen molar-refractivity contribution in [3.05, 3.63) is 64.4 Å². The van der Waals surface area contributed by atoms with Crippen LogP contribution >= 0.6 is 11.6 Å². The van der Waals surface area contributed by atoms with Gasteiger partial charge in [-0.15, -0.1) is 0 Å². The lowest BCUT2D eigenvalue weighted by Crippen LogP contribution is -2.69. The third-order valence-corrected chi connectivity index (χ3v) is 6.15.